The summed E-state index contributed by atoms with van der Waals surface area (Å²) in [5.41, 5.74) is 8.81. The number of primary amides is 1. The van der Waals surface area contributed by atoms with Gasteiger partial charge in [-0.25, -0.2) is 9.37 Å². The molecule has 0 atom stereocenters. The number of amides is 2. The summed E-state index contributed by atoms with van der Waals surface area (Å²) in [5.74, 6) is -0.426. The van der Waals surface area contributed by atoms with Crippen molar-refractivity contribution >= 4 is 28.5 Å². The van der Waals surface area contributed by atoms with Crippen LogP contribution < -0.4 is 11.1 Å². The van der Waals surface area contributed by atoms with Gasteiger partial charge in [-0.2, -0.15) is 0 Å². The molecule has 0 aliphatic heterocycles. The third-order valence-corrected chi connectivity index (χ3v) is 4.60. The van der Waals surface area contributed by atoms with E-state index >= 15 is 0 Å². The zero-order valence-electron chi connectivity index (χ0n) is 15.5. The molecule has 0 aliphatic carbocycles. The zero-order valence-corrected chi connectivity index (χ0v) is 15.5. The lowest BCUT2D eigenvalue weighted by Gasteiger charge is -2.09. The minimum absolute atomic E-state index is 0.303. The highest BCUT2D eigenvalue weighted by atomic mass is 19.1. The van der Waals surface area contributed by atoms with Crippen molar-refractivity contribution in [2.75, 3.05) is 5.32 Å². The van der Waals surface area contributed by atoms with Gasteiger partial charge in [-0.3, -0.25) is 14.2 Å². The second kappa shape index (κ2) is 7.20. The van der Waals surface area contributed by atoms with E-state index in [-0.39, 0.29) is 11.7 Å². The molecule has 0 fully saturated rings. The SMILES string of the molecule is Cc1nc2ccc(C(=O)Nc3ccc(C(N)=O)cc3)cc2n1-c1ccc(F)cc1. The normalized spacial score (nSPS) is 10.8. The fraction of sp³-hybridized carbons (Fsp3) is 0.0455. The number of nitrogens with zero attached hydrogens (tertiary/aromatic N) is 2. The quantitative estimate of drug-likeness (QED) is 0.557. The summed E-state index contributed by atoms with van der Waals surface area (Å²) >= 11 is 0. The molecule has 0 unspecified atom stereocenters. The standard InChI is InChI=1S/C22H17FN4O2/c1-13-25-19-11-4-15(12-20(19)27(13)18-9-5-16(23)6-10-18)22(29)26-17-7-2-14(3-8-17)21(24)28/h2-12H,1H3,(H2,24,28)(H,26,29). The number of nitrogens with two attached hydrogens (primary N) is 1. The Morgan fingerprint density at radius 3 is 2.28 bits per heavy atom. The summed E-state index contributed by atoms with van der Waals surface area (Å²) in [4.78, 5) is 28.4. The predicted molar refractivity (Wildman–Crippen MR) is 109 cm³/mol. The number of hydrogen-bond acceptors (Lipinski definition) is 3. The Hall–Kier alpha value is -4.00. The van der Waals surface area contributed by atoms with E-state index in [1.165, 1.54) is 12.1 Å². The number of anilines is 1. The van der Waals surface area contributed by atoms with E-state index in [4.69, 9.17) is 5.73 Å². The number of carbonyl (C=O) groups is 2. The number of halogens is 1. The number of nitrogens with one attached hydrogen (secondary N) is 1. The molecule has 7 heteroatoms. The molecule has 1 aromatic heterocycles. The van der Waals surface area contributed by atoms with Gasteiger partial charge in [0, 0.05) is 22.5 Å². The Balaban J connectivity index is 1.67. The van der Waals surface area contributed by atoms with Crippen LogP contribution in [0.3, 0.4) is 0 Å². The maximum atomic E-state index is 13.3. The highest BCUT2D eigenvalue weighted by Gasteiger charge is 2.13. The van der Waals surface area contributed by atoms with Crippen LogP contribution in [0.15, 0.2) is 66.7 Å². The third-order valence-electron chi connectivity index (χ3n) is 4.60. The molecule has 4 rings (SSSR count). The topological polar surface area (TPSA) is 90.0 Å². The molecule has 0 saturated carbocycles. The van der Waals surface area contributed by atoms with Gasteiger partial charge in [0.1, 0.15) is 11.6 Å². The summed E-state index contributed by atoms with van der Waals surface area (Å²) < 4.78 is 15.2. The Morgan fingerprint density at radius 1 is 0.966 bits per heavy atom. The molecule has 0 radical (unpaired) electrons. The van der Waals surface area contributed by atoms with E-state index in [9.17, 15) is 14.0 Å². The zero-order chi connectivity index (χ0) is 20.5. The van der Waals surface area contributed by atoms with Gasteiger partial charge < -0.3 is 11.1 Å². The summed E-state index contributed by atoms with van der Waals surface area (Å²) in [5, 5.41) is 2.79. The Bertz CT molecular complexity index is 1230. The highest BCUT2D eigenvalue weighted by molar-refractivity contribution is 6.06. The first-order chi connectivity index (χ1) is 13.9. The first-order valence-electron chi connectivity index (χ1n) is 8.88. The molecule has 0 saturated heterocycles. The number of aromatic nitrogens is 2. The molecular weight excluding hydrogens is 371 g/mol. The van der Waals surface area contributed by atoms with Crippen molar-refractivity contribution in [3.05, 3.63) is 89.5 Å². The molecule has 144 valence electrons. The first-order valence-corrected chi connectivity index (χ1v) is 8.88. The summed E-state index contributed by atoms with van der Waals surface area (Å²) in [6.45, 7) is 1.85. The largest absolute Gasteiger partial charge is 0.366 e. The molecule has 0 spiro atoms. The molecular formula is C22H17FN4O2. The number of carbonyl (C=O) groups excluding carboxylic acids is 2. The van der Waals surface area contributed by atoms with E-state index in [2.05, 4.69) is 10.3 Å². The predicted octanol–water partition coefficient (Wildman–Crippen LogP) is 3.82. The van der Waals surface area contributed by atoms with E-state index in [1.54, 1.807) is 54.6 Å². The third kappa shape index (κ3) is 3.58. The van der Waals surface area contributed by atoms with Gasteiger partial charge in [0.25, 0.3) is 5.91 Å². The number of rotatable bonds is 4. The number of fused-ring (bicyclic) bond motifs is 1. The number of imidazole rings is 1. The maximum absolute atomic E-state index is 13.3. The molecule has 2 amide bonds. The number of hydrogen-bond donors (Lipinski definition) is 2. The van der Waals surface area contributed by atoms with Gasteiger partial charge in [0.15, 0.2) is 0 Å². The van der Waals surface area contributed by atoms with Crippen LogP contribution in [0, 0.1) is 12.7 Å². The lowest BCUT2D eigenvalue weighted by Crippen LogP contribution is -2.13. The van der Waals surface area contributed by atoms with Crippen LogP contribution >= 0.6 is 0 Å². The van der Waals surface area contributed by atoms with Crippen LogP contribution in [0.25, 0.3) is 16.7 Å². The van der Waals surface area contributed by atoms with Gasteiger partial charge in [-0.15, -0.1) is 0 Å². The Labute approximate surface area is 165 Å². The molecule has 0 bridgehead atoms. The molecule has 3 aromatic carbocycles. The van der Waals surface area contributed by atoms with Crippen LogP contribution in [0.4, 0.5) is 10.1 Å². The molecule has 29 heavy (non-hydrogen) atoms. The second-order valence-corrected chi connectivity index (χ2v) is 6.57. The van der Waals surface area contributed by atoms with E-state index < -0.39 is 5.91 Å². The van der Waals surface area contributed by atoms with Gasteiger partial charge in [-0.05, 0) is 73.7 Å². The summed E-state index contributed by atoms with van der Waals surface area (Å²) in [6.07, 6.45) is 0. The van der Waals surface area contributed by atoms with E-state index in [0.717, 1.165) is 22.5 Å². The number of benzene rings is 3. The average molecular weight is 388 g/mol. The monoisotopic (exact) mass is 388 g/mol. The van der Waals surface area contributed by atoms with Crippen LogP contribution in [0.1, 0.15) is 26.5 Å². The fourth-order valence-corrected chi connectivity index (χ4v) is 3.17. The van der Waals surface area contributed by atoms with Crippen molar-refractivity contribution in [2.24, 2.45) is 5.73 Å². The van der Waals surface area contributed by atoms with Gasteiger partial charge in [0.2, 0.25) is 5.91 Å². The molecule has 3 N–H and O–H groups in total. The summed E-state index contributed by atoms with van der Waals surface area (Å²) in [7, 11) is 0. The summed E-state index contributed by atoms with van der Waals surface area (Å²) in [6, 6.07) is 17.6. The fourth-order valence-electron chi connectivity index (χ4n) is 3.17. The van der Waals surface area contributed by atoms with Crippen molar-refractivity contribution < 1.29 is 14.0 Å². The van der Waals surface area contributed by atoms with Crippen molar-refractivity contribution in [1.29, 1.82) is 0 Å². The minimum Gasteiger partial charge on any atom is -0.366 e. The minimum atomic E-state index is -0.530. The van der Waals surface area contributed by atoms with Crippen LogP contribution in [-0.4, -0.2) is 21.4 Å². The van der Waals surface area contributed by atoms with Gasteiger partial charge in [-0.1, -0.05) is 0 Å². The second-order valence-electron chi connectivity index (χ2n) is 6.57. The van der Waals surface area contributed by atoms with Crippen molar-refractivity contribution in [1.82, 2.24) is 9.55 Å². The molecule has 1 heterocycles. The van der Waals surface area contributed by atoms with Gasteiger partial charge >= 0.3 is 0 Å². The molecule has 6 nitrogen and oxygen atoms in total. The van der Waals surface area contributed by atoms with E-state index in [1.807, 2.05) is 11.5 Å². The first kappa shape index (κ1) is 18.4. The number of aryl methyl sites for hydroxylation is 1. The van der Waals surface area contributed by atoms with Crippen molar-refractivity contribution in [3.8, 4) is 5.69 Å². The van der Waals surface area contributed by atoms with E-state index in [0.29, 0.717) is 16.8 Å². The van der Waals surface area contributed by atoms with Crippen molar-refractivity contribution in [3.63, 3.8) is 0 Å². The Morgan fingerprint density at radius 2 is 1.62 bits per heavy atom. The Kier molecular flexibility index (Phi) is 4.56. The van der Waals surface area contributed by atoms with Crippen LogP contribution in [-0.2, 0) is 0 Å². The highest BCUT2D eigenvalue weighted by Crippen LogP contribution is 2.23. The van der Waals surface area contributed by atoms with Crippen LogP contribution in [0.5, 0.6) is 0 Å². The lowest BCUT2D eigenvalue weighted by molar-refractivity contribution is 0.0998. The average Bonchev–Trinajstić information content (AvgIpc) is 3.04. The van der Waals surface area contributed by atoms with Crippen molar-refractivity contribution in [2.45, 2.75) is 6.92 Å². The lowest BCUT2D eigenvalue weighted by atomic mass is 10.1. The van der Waals surface area contributed by atoms with Gasteiger partial charge in [0.05, 0.1) is 11.0 Å². The van der Waals surface area contributed by atoms with Crippen LogP contribution in [0.2, 0.25) is 0 Å². The maximum Gasteiger partial charge on any atom is 0.255 e. The molecule has 0 aliphatic rings. The smallest absolute Gasteiger partial charge is 0.255 e. The molecule has 4 aromatic rings.